The quantitative estimate of drug-likeness (QED) is 0.913. The van der Waals surface area contributed by atoms with Crippen molar-refractivity contribution < 1.29 is 4.79 Å². The van der Waals surface area contributed by atoms with E-state index in [9.17, 15) is 4.79 Å². The van der Waals surface area contributed by atoms with Gasteiger partial charge in [-0.2, -0.15) is 0 Å². The van der Waals surface area contributed by atoms with Crippen LogP contribution in [0.3, 0.4) is 0 Å². The van der Waals surface area contributed by atoms with Gasteiger partial charge < -0.3 is 10.6 Å². The molecule has 2 N–H and O–H groups in total. The Morgan fingerprint density at radius 2 is 1.94 bits per heavy atom. The summed E-state index contributed by atoms with van der Waals surface area (Å²) in [5, 5.41) is 5.79. The van der Waals surface area contributed by atoms with Gasteiger partial charge in [0.2, 0.25) is 5.91 Å². The second kappa shape index (κ2) is 6.16. The summed E-state index contributed by atoms with van der Waals surface area (Å²) < 4.78 is 0.830. The van der Waals surface area contributed by atoms with E-state index in [0.717, 1.165) is 10.2 Å². The lowest BCUT2D eigenvalue weighted by Crippen LogP contribution is -2.21. The monoisotopic (exact) mass is 305 g/mol. The van der Waals surface area contributed by atoms with E-state index in [4.69, 9.17) is 0 Å². The van der Waals surface area contributed by atoms with Crippen LogP contribution in [0.15, 0.2) is 53.3 Å². The second-order valence-electron chi connectivity index (χ2n) is 3.66. The molecule has 18 heavy (non-hydrogen) atoms. The number of para-hydroxylation sites is 1. The van der Waals surface area contributed by atoms with Crippen LogP contribution in [-0.2, 0) is 4.79 Å². The van der Waals surface area contributed by atoms with Gasteiger partial charge in [-0.1, -0.05) is 18.2 Å². The molecule has 0 spiro atoms. The first-order valence-corrected chi connectivity index (χ1v) is 6.22. The molecule has 0 unspecified atom stereocenters. The van der Waals surface area contributed by atoms with Gasteiger partial charge in [-0.15, -0.1) is 0 Å². The lowest BCUT2D eigenvalue weighted by Gasteiger charge is -2.07. The first-order chi connectivity index (χ1) is 8.74. The number of aromatic nitrogens is 1. The van der Waals surface area contributed by atoms with E-state index in [1.54, 1.807) is 18.5 Å². The molecule has 1 aromatic heterocycles. The van der Waals surface area contributed by atoms with Crippen LogP contribution in [0, 0.1) is 0 Å². The molecule has 5 heteroatoms. The van der Waals surface area contributed by atoms with Gasteiger partial charge in [-0.25, -0.2) is 0 Å². The predicted octanol–water partition coefficient (Wildman–Crippen LogP) is 2.89. The van der Waals surface area contributed by atoms with Gasteiger partial charge in [-0.05, 0) is 34.1 Å². The van der Waals surface area contributed by atoms with Gasteiger partial charge in [0.05, 0.1) is 18.4 Å². The highest BCUT2D eigenvalue weighted by Crippen LogP contribution is 2.13. The van der Waals surface area contributed by atoms with Crippen LogP contribution >= 0.6 is 15.9 Å². The Hall–Kier alpha value is -1.88. The number of hydrogen-bond donors (Lipinski definition) is 2. The van der Waals surface area contributed by atoms with Crippen molar-refractivity contribution in [2.75, 3.05) is 17.2 Å². The SMILES string of the molecule is O=C(CNc1ccccc1)Nc1cncc(Br)c1. The number of halogens is 1. The Bertz CT molecular complexity index is 531. The van der Waals surface area contributed by atoms with E-state index in [-0.39, 0.29) is 12.5 Å². The molecule has 0 radical (unpaired) electrons. The standard InChI is InChI=1S/C13H12BrN3O/c14-10-6-12(8-15-7-10)17-13(18)9-16-11-4-2-1-3-5-11/h1-8,16H,9H2,(H,17,18). The van der Waals surface area contributed by atoms with Crippen LogP contribution in [0.2, 0.25) is 0 Å². The number of carbonyl (C=O) groups is 1. The van der Waals surface area contributed by atoms with Crippen molar-refractivity contribution in [2.24, 2.45) is 0 Å². The summed E-state index contributed by atoms with van der Waals surface area (Å²) in [6.45, 7) is 0.219. The molecule has 0 saturated carbocycles. The normalized spacial score (nSPS) is 9.83. The maximum atomic E-state index is 11.7. The first kappa shape index (κ1) is 12.6. The zero-order valence-corrected chi connectivity index (χ0v) is 11.1. The fourth-order valence-corrected chi connectivity index (χ4v) is 1.79. The van der Waals surface area contributed by atoms with Gasteiger partial charge in [0.25, 0.3) is 0 Å². The van der Waals surface area contributed by atoms with Gasteiger partial charge >= 0.3 is 0 Å². The highest BCUT2D eigenvalue weighted by Gasteiger charge is 2.02. The summed E-state index contributed by atoms with van der Waals surface area (Å²) in [6.07, 6.45) is 3.27. The Morgan fingerprint density at radius 1 is 1.17 bits per heavy atom. The highest BCUT2D eigenvalue weighted by molar-refractivity contribution is 9.10. The largest absolute Gasteiger partial charge is 0.376 e. The van der Waals surface area contributed by atoms with E-state index in [2.05, 4.69) is 31.5 Å². The van der Waals surface area contributed by atoms with E-state index in [1.807, 2.05) is 30.3 Å². The van der Waals surface area contributed by atoms with Crippen LogP contribution in [0.1, 0.15) is 0 Å². The number of amides is 1. The van der Waals surface area contributed by atoms with Crippen LogP contribution in [0.4, 0.5) is 11.4 Å². The van der Waals surface area contributed by atoms with Crippen molar-refractivity contribution in [3.8, 4) is 0 Å². The molecule has 0 bridgehead atoms. The van der Waals surface area contributed by atoms with Crippen LogP contribution in [0.5, 0.6) is 0 Å². The van der Waals surface area contributed by atoms with Crippen molar-refractivity contribution in [1.29, 1.82) is 0 Å². The van der Waals surface area contributed by atoms with Gasteiger partial charge in [0.15, 0.2) is 0 Å². The molecule has 2 rings (SSSR count). The van der Waals surface area contributed by atoms with E-state index >= 15 is 0 Å². The fourth-order valence-electron chi connectivity index (χ4n) is 1.42. The first-order valence-electron chi connectivity index (χ1n) is 5.43. The zero-order valence-electron chi connectivity index (χ0n) is 9.56. The molecule has 0 atom stereocenters. The minimum atomic E-state index is -0.112. The predicted molar refractivity (Wildman–Crippen MR) is 75.5 cm³/mol. The number of anilines is 2. The van der Waals surface area contributed by atoms with Crippen LogP contribution in [-0.4, -0.2) is 17.4 Å². The average Bonchev–Trinajstić information content (AvgIpc) is 2.38. The molecule has 4 nitrogen and oxygen atoms in total. The topological polar surface area (TPSA) is 54.0 Å². The third-order valence-electron chi connectivity index (χ3n) is 2.22. The van der Waals surface area contributed by atoms with Crippen LogP contribution in [0.25, 0.3) is 0 Å². The number of pyridine rings is 1. The van der Waals surface area contributed by atoms with Crippen molar-refractivity contribution in [2.45, 2.75) is 0 Å². The Kier molecular flexibility index (Phi) is 4.30. The number of hydrogen-bond acceptors (Lipinski definition) is 3. The maximum absolute atomic E-state index is 11.7. The molecule has 1 amide bonds. The summed E-state index contributed by atoms with van der Waals surface area (Å²) in [4.78, 5) is 15.7. The molecule has 0 saturated heterocycles. The number of nitrogens with zero attached hydrogens (tertiary/aromatic N) is 1. The fraction of sp³-hybridized carbons (Fsp3) is 0.0769. The number of benzene rings is 1. The van der Waals surface area contributed by atoms with E-state index in [0.29, 0.717) is 5.69 Å². The van der Waals surface area contributed by atoms with Gasteiger partial charge in [-0.3, -0.25) is 9.78 Å². The summed E-state index contributed by atoms with van der Waals surface area (Å²) >= 11 is 3.30. The second-order valence-corrected chi connectivity index (χ2v) is 4.58. The van der Waals surface area contributed by atoms with Crippen molar-refractivity contribution in [3.05, 3.63) is 53.3 Å². The minimum absolute atomic E-state index is 0.112. The van der Waals surface area contributed by atoms with Gasteiger partial charge in [0, 0.05) is 16.4 Å². The summed E-state index contributed by atoms with van der Waals surface area (Å²) in [5.41, 5.74) is 1.59. The smallest absolute Gasteiger partial charge is 0.243 e. The zero-order chi connectivity index (χ0) is 12.8. The maximum Gasteiger partial charge on any atom is 0.243 e. The average molecular weight is 306 g/mol. The molecule has 0 fully saturated rings. The molecular formula is C13H12BrN3O. The molecule has 1 aromatic carbocycles. The van der Waals surface area contributed by atoms with Crippen LogP contribution < -0.4 is 10.6 Å². The summed E-state index contributed by atoms with van der Waals surface area (Å²) in [6, 6.07) is 11.4. The number of carbonyl (C=O) groups excluding carboxylic acids is 1. The van der Waals surface area contributed by atoms with E-state index in [1.165, 1.54) is 0 Å². The highest BCUT2D eigenvalue weighted by atomic mass is 79.9. The summed E-state index contributed by atoms with van der Waals surface area (Å²) in [7, 11) is 0. The molecule has 92 valence electrons. The third-order valence-corrected chi connectivity index (χ3v) is 2.65. The molecular weight excluding hydrogens is 294 g/mol. The molecule has 2 aromatic rings. The third kappa shape index (κ3) is 3.85. The molecule has 0 aliphatic rings. The number of rotatable bonds is 4. The van der Waals surface area contributed by atoms with Crippen molar-refractivity contribution in [3.63, 3.8) is 0 Å². The van der Waals surface area contributed by atoms with Crippen molar-refractivity contribution >= 4 is 33.2 Å². The van der Waals surface area contributed by atoms with Crippen molar-refractivity contribution in [1.82, 2.24) is 4.98 Å². The molecule has 1 heterocycles. The molecule has 0 aliphatic carbocycles. The Morgan fingerprint density at radius 3 is 2.67 bits per heavy atom. The Balaban J connectivity index is 1.86. The molecule has 0 aliphatic heterocycles. The summed E-state index contributed by atoms with van der Waals surface area (Å²) in [5.74, 6) is -0.112. The minimum Gasteiger partial charge on any atom is -0.376 e. The van der Waals surface area contributed by atoms with Gasteiger partial charge in [0.1, 0.15) is 0 Å². The number of nitrogens with one attached hydrogen (secondary N) is 2. The lowest BCUT2D eigenvalue weighted by molar-refractivity contribution is -0.114. The van der Waals surface area contributed by atoms with E-state index < -0.39 is 0 Å². The lowest BCUT2D eigenvalue weighted by atomic mass is 10.3. The Labute approximate surface area is 114 Å².